The Bertz CT molecular complexity index is 168. The molecule has 0 radical (unpaired) electrons. The third-order valence-electron chi connectivity index (χ3n) is 3.62. The highest BCUT2D eigenvalue weighted by Crippen LogP contribution is 2.42. The van der Waals surface area contributed by atoms with Crippen LogP contribution in [0.4, 0.5) is 0 Å². The van der Waals surface area contributed by atoms with Gasteiger partial charge >= 0.3 is 0 Å². The molecule has 0 amide bonds. The summed E-state index contributed by atoms with van der Waals surface area (Å²) in [5, 5.41) is 3.54. The van der Waals surface area contributed by atoms with E-state index in [9.17, 15) is 4.80 Å². The molecule has 1 unspecified atom stereocenters. The smallest absolute Gasteiger partial charge is 0.188 e. The molecule has 0 spiro atoms. The monoisotopic (exact) mass is 201 g/mol. The molecule has 78 valence electrons. The summed E-state index contributed by atoms with van der Waals surface area (Å²) in [6, 6.07) is 0. The van der Waals surface area contributed by atoms with Crippen LogP contribution >= 0.6 is 0 Å². The molecule has 0 aromatic rings. The molecule has 0 saturated carbocycles. The van der Waals surface area contributed by atoms with Gasteiger partial charge in [-0.2, -0.15) is 0 Å². The van der Waals surface area contributed by atoms with Crippen molar-refractivity contribution in [3.63, 3.8) is 0 Å². The molecule has 1 heterocycles. The van der Waals surface area contributed by atoms with E-state index in [1.165, 1.54) is 12.8 Å². The van der Waals surface area contributed by atoms with Crippen molar-refractivity contribution in [1.29, 1.82) is 0 Å². The molecule has 1 atom stereocenters. The summed E-state index contributed by atoms with van der Waals surface area (Å²) >= 11 is 0. The normalized spacial score (nSPS) is 25.2. The summed E-state index contributed by atoms with van der Waals surface area (Å²) in [6.45, 7) is 10.8. The van der Waals surface area contributed by atoms with E-state index < -0.39 is 8.32 Å². The van der Waals surface area contributed by atoms with Crippen LogP contribution in [0.2, 0.25) is 18.1 Å². The maximum absolute atomic E-state index is 10.1. The van der Waals surface area contributed by atoms with E-state index in [0.717, 1.165) is 19.0 Å². The molecule has 0 bridgehead atoms. The predicted octanol–water partition coefficient (Wildman–Crippen LogP) is 1.96. The highest BCUT2D eigenvalue weighted by molar-refractivity contribution is 6.72. The Hall–Kier alpha value is 0.137. The van der Waals surface area contributed by atoms with Crippen molar-refractivity contribution < 1.29 is 4.80 Å². The van der Waals surface area contributed by atoms with Crippen LogP contribution < -0.4 is 5.32 Å². The van der Waals surface area contributed by atoms with Crippen LogP contribution in [0.15, 0.2) is 0 Å². The summed E-state index contributed by atoms with van der Waals surface area (Å²) in [7, 11) is -1.98. The second kappa shape index (κ2) is 3.71. The van der Waals surface area contributed by atoms with Gasteiger partial charge in [-0.25, -0.2) is 0 Å². The number of rotatable bonds is 3. The number of hydrogen-bond donors (Lipinski definition) is 2. The average molecular weight is 201 g/mol. The lowest BCUT2D eigenvalue weighted by molar-refractivity contribution is 0.390. The van der Waals surface area contributed by atoms with Gasteiger partial charge in [0.1, 0.15) is 0 Å². The van der Waals surface area contributed by atoms with Crippen molar-refractivity contribution in [3.8, 4) is 0 Å². The van der Waals surface area contributed by atoms with Gasteiger partial charge in [-0.1, -0.05) is 13.8 Å². The predicted molar refractivity (Wildman–Crippen MR) is 59.3 cm³/mol. The van der Waals surface area contributed by atoms with Crippen LogP contribution in [-0.4, -0.2) is 26.2 Å². The van der Waals surface area contributed by atoms with E-state index in [0.29, 0.717) is 0 Å². The topological polar surface area (TPSA) is 32.3 Å². The lowest BCUT2D eigenvalue weighted by Crippen LogP contribution is -2.40. The summed E-state index contributed by atoms with van der Waals surface area (Å²) in [4.78, 5) is 10.1. The lowest BCUT2D eigenvalue weighted by atomic mass is 9.96. The minimum Gasteiger partial charge on any atom is -0.432 e. The number of hydrogen-bond acceptors (Lipinski definition) is 2. The molecule has 1 aliphatic heterocycles. The molecule has 3 heteroatoms. The van der Waals surface area contributed by atoms with Gasteiger partial charge in [0.15, 0.2) is 8.32 Å². The highest BCUT2D eigenvalue weighted by Gasteiger charge is 2.39. The molecule has 1 saturated heterocycles. The quantitative estimate of drug-likeness (QED) is 0.684. The maximum atomic E-state index is 10.1. The maximum Gasteiger partial charge on any atom is 0.188 e. The van der Waals surface area contributed by atoms with Crippen molar-refractivity contribution in [2.45, 2.75) is 44.8 Å². The highest BCUT2D eigenvalue weighted by atomic mass is 28.4. The minimum absolute atomic E-state index is 0.156. The zero-order valence-electron chi connectivity index (χ0n) is 9.35. The standard InChI is InChI=1S/C10H23NOSi/c1-10(2,13(3,4)12)7-9-5-6-11-8-9/h9,11-12H,5-8H2,1-4H3. The average Bonchev–Trinajstić information content (AvgIpc) is 2.35. The first kappa shape index (κ1) is 11.2. The van der Waals surface area contributed by atoms with Gasteiger partial charge in [0.05, 0.1) is 0 Å². The molecule has 1 fully saturated rings. The fourth-order valence-electron chi connectivity index (χ4n) is 1.86. The van der Waals surface area contributed by atoms with Crippen LogP contribution in [-0.2, 0) is 0 Å². The Kier molecular flexibility index (Phi) is 3.20. The molecule has 0 aliphatic carbocycles. The van der Waals surface area contributed by atoms with Crippen LogP contribution in [0.25, 0.3) is 0 Å². The summed E-state index contributed by atoms with van der Waals surface area (Å²) in [5.74, 6) is 0.786. The van der Waals surface area contributed by atoms with E-state index in [-0.39, 0.29) is 5.04 Å². The van der Waals surface area contributed by atoms with Crippen molar-refractivity contribution >= 4 is 8.32 Å². The molecular weight excluding hydrogens is 178 g/mol. The van der Waals surface area contributed by atoms with Crippen LogP contribution in [0, 0.1) is 5.92 Å². The molecule has 2 N–H and O–H groups in total. The Morgan fingerprint density at radius 2 is 2.08 bits per heavy atom. The Labute approximate surface area is 82.9 Å². The first-order valence-corrected chi connectivity index (χ1v) is 8.21. The van der Waals surface area contributed by atoms with E-state index in [2.05, 4.69) is 32.3 Å². The second-order valence-electron chi connectivity index (χ2n) is 5.51. The molecule has 0 aromatic carbocycles. The first-order chi connectivity index (χ1) is 5.83. The SMILES string of the molecule is CC(C)(CC1CCNC1)[Si](C)(C)O. The van der Waals surface area contributed by atoms with E-state index in [1.807, 2.05) is 0 Å². The molecule has 1 rings (SSSR count). The Morgan fingerprint density at radius 1 is 1.46 bits per heavy atom. The summed E-state index contributed by atoms with van der Waals surface area (Å²) in [6.07, 6.45) is 2.46. The van der Waals surface area contributed by atoms with Gasteiger partial charge in [0.25, 0.3) is 0 Å². The third-order valence-corrected chi connectivity index (χ3v) is 7.13. The molecule has 0 aromatic heterocycles. The first-order valence-electron chi connectivity index (χ1n) is 5.26. The van der Waals surface area contributed by atoms with Gasteiger partial charge < -0.3 is 10.1 Å². The van der Waals surface area contributed by atoms with Crippen molar-refractivity contribution in [2.24, 2.45) is 5.92 Å². The second-order valence-corrected chi connectivity index (χ2v) is 9.98. The fraction of sp³-hybridized carbons (Fsp3) is 1.00. The van der Waals surface area contributed by atoms with Gasteiger partial charge in [-0.15, -0.1) is 0 Å². The van der Waals surface area contributed by atoms with Crippen molar-refractivity contribution in [3.05, 3.63) is 0 Å². The zero-order valence-corrected chi connectivity index (χ0v) is 10.4. The number of nitrogens with one attached hydrogen (secondary N) is 1. The van der Waals surface area contributed by atoms with Crippen molar-refractivity contribution in [2.75, 3.05) is 13.1 Å². The van der Waals surface area contributed by atoms with Gasteiger partial charge in [-0.3, -0.25) is 0 Å². The van der Waals surface area contributed by atoms with Crippen LogP contribution in [0.3, 0.4) is 0 Å². The molecule has 1 aliphatic rings. The van der Waals surface area contributed by atoms with E-state index in [4.69, 9.17) is 0 Å². The van der Waals surface area contributed by atoms with E-state index in [1.54, 1.807) is 0 Å². The van der Waals surface area contributed by atoms with Gasteiger partial charge in [-0.05, 0) is 50.0 Å². The van der Waals surface area contributed by atoms with Gasteiger partial charge in [0.2, 0.25) is 0 Å². The largest absolute Gasteiger partial charge is 0.432 e. The van der Waals surface area contributed by atoms with E-state index >= 15 is 0 Å². The Morgan fingerprint density at radius 3 is 2.46 bits per heavy atom. The molecule has 2 nitrogen and oxygen atoms in total. The minimum atomic E-state index is -1.98. The third kappa shape index (κ3) is 2.79. The van der Waals surface area contributed by atoms with Crippen LogP contribution in [0.1, 0.15) is 26.7 Å². The lowest BCUT2D eigenvalue weighted by Gasteiger charge is -2.36. The van der Waals surface area contributed by atoms with Gasteiger partial charge in [0, 0.05) is 0 Å². The van der Waals surface area contributed by atoms with Crippen LogP contribution in [0.5, 0.6) is 0 Å². The fourth-order valence-corrected chi connectivity index (χ4v) is 2.65. The zero-order chi connectivity index (χ0) is 10.1. The Balaban J connectivity index is 2.50. The summed E-state index contributed by atoms with van der Waals surface area (Å²) < 4.78 is 0. The molecule has 13 heavy (non-hydrogen) atoms. The molecular formula is C10H23NOSi. The summed E-state index contributed by atoms with van der Waals surface area (Å²) in [5.41, 5.74) is 0. The van der Waals surface area contributed by atoms with Crippen molar-refractivity contribution in [1.82, 2.24) is 5.32 Å².